The lowest BCUT2D eigenvalue weighted by atomic mass is 9.96. The molecular weight excluding hydrogens is 430 g/mol. The summed E-state index contributed by atoms with van der Waals surface area (Å²) in [6.45, 7) is 6.41. The predicted molar refractivity (Wildman–Crippen MR) is 110 cm³/mol. The molecule has 0 saturated heterocycles. The first-order valence-corrected chi connectivity index (χ1v) is 9.61. The lowest BCUT2D eigenvalue weighted by Crippen LogP contribution is -2.31. The number of fused-ring (bicyclic) bond motifs is 3. The highest BCUT2D eigenvalue weighted by Crippen LogP contribution is 2.24. The topological polar surface area (TPSA) is 65.1 Å². The van der Waals surface area contributed by atoms with Crippen molar-refractivity contribution in [3.8, 4) is 0 Å². The van der Waals surface area contributed by atoms with Crippen LogP contribution in [-0.4, -0.2) is 24.1 Å². The number of hydrogen-bond acceptors (Lipinski definition) is 4. The molecule has 0 aliphatic rings. The molecular formula is C19H17BrClN5O. The monoisotopic (exact) mass is 445 g/mol. The van der Waals surface area contributed by atoms with Crippen molar-refractivity contribution in [2.45, 2.75) is 32.7 Å². The first kappa shape index (κ1) is 18.1. The van der Waals surface area contributed by atoms with Crippen molar-refractivity contribution in [2.24, 2.45) is 0 Å². The van der Waals surface area contributed by atoms with Gasteiger partial charge in [-0.15, -0.1) is 10.2 Å². The Morgan fingerprint density at radius 3 is 2.52 bits per heavy atom. The van der Waals surface area contributed by atoms with Crippen LogP contribution in [0.5, 0.6) is 0 Å². The summed E-state index contributed by atoms with van der Waals surface area (Å²) in [5, 5.41) is 9.22. The highest BCUT2D eigenvalue weighted by molar-refractivity contribution is 9.10. The Kier molecular flexibility index (Phi) is 4.31. The minimum Gasteiger partial charge on any atom is -0.287 e. The molecule has 1 aromatic carbocycles. The minimum atomic E-state index is -0.334. The minimum absolute atomic E-state index is 0.192. The van der Waals surface area contributed by atoms with Crippen LogP contribution in [0.4, 0.5) is 0 Å². The van der Waals surface area contributed by atoms with Gasteiger partial charge in [0.2, 0.25) is 0 Å². The molecule has 0 saturated carbocycles. The lowest BCUT2D eigenvalue weighted by molar-refractivity contribution is 0.530. The SMILES string of the molecule is CC(C)(C)c1nnc2c3ncc(Br)cc3n(Cc3ccc(Cl)cc3)c(=O)n12. The molecule has 0 radical (unpaired) electrons. The number of rotatable bonds is 2. The number of pyridine rings is 1. The maximum Gasteiger partial charge on any atom is 0.336 e. The number of halogens is 2. The quantitative estimate of drug-likeness (QED) is 0.463. The summed E-state index contributed by atoms with van der Waals surface area (Å²) in [4.78, 5) is 17.9. The summed E-state index contributed by atoms with van der Waals surface area (Å²) in [6.07, 6.45) is 1.70. The molecule has 0 unspecified atom stereocenters. The fourth-order valence-corrected chi connectivity index (χ4v) is 3.51. The summed E-state index contributed by atoms with van der Waals surface area (Å²) in [5.74, 6) is 0.610. The Hall–Kier alpha value is -2.25. The third-order valence-corrected chi connectivity index (χ3v) is 5.03. The van der Waals surface area contributed by atoms with Crippen LogP contribution in [0.15, 0.2) is 45.8 Å². The first-order valence-electron chi connectivity index (χ1n) is 8.44. The molecule has 0 N–H and O–H groups in total. The van der Waals surface area contributed by atoms with Crippen LogP contribution in [0.1, 0.15) is 32.2 Å². The molecule has 4 aromatic rings. The predicted octanol–water partition coefficient (Wildman–Crippen LogP) is 4.20. The van der Waals surface area contributed by atoms with Crippen molar-refractivity contribution >= 4 is 44.2 Å². The largest absolute Gasteiger partial charge is 0.336 e. The van der Waals surface area contributed by atoms with E-state index in [0.717, 1.165) is 10.0 Å². The molecule has 0 aliphatic heterocycles. The standard InChI is InChI=1S/C19H17BrClN5O/c1-19(2,3)17-24-23-16-15-14(8-12(20)9-22-15)25(18(27)26(16)17)10-11-4-6-13(21)7-5-11/h4-9H,10H2,1-3H3. The van der Waals surface area contributed by atoms with Gasteiger partial charge in [-0.3, -0.25) is 4.57 Å². The second-order valence-corrected chi connectivity index (χ2v) is 8.80. The van der Waals surface area contributed by atoms with E-state index in [1.807, 2.05) is 51.1 Å². The van der Waals surface area contributed by atoms with E-state index >= 15 is 0 Å². The molecule has 0 atom stereocenters. The van der Waals surface area contributed by atoms with Crippen molar-refractivity contribution in [3.63, 3.8) is 0 Å². The molecule has 0 bridgehead atoms. The average Bonchev–Trinajstić information content (AvgIpc) is 3.06. The molecule has 3 aromatic heterocycles. The molecule has 8 heteroatoms. The van der Waals surface area contributed by atoms with E-state index in [1.165, 1.54) is 0 Å². The van der Waals surface area contributed by atoms with Crippen LogP contribution in [0, 0.1) is 0 Å². The number of benzene rings is 1. The number of hydrogen-bond donors (Lipinski definition) is 0. The van der Waals surface area contributed by atoms with Crippen molar-refractivity contribution in [3.05, 3.63) is 67.9 Å². The van der Waals surface area contributed by atoms with Gasteiger partial charge in [0.05, 0.1) is 12.1 Å². The zero-order chi connectivity index (χ0) is 19.3. The molecule has 27 heavy (non-hydrogen) atoms. The summed E-state index contributed by atoms with van der Waals surface area (Å²) in [7, 11) is 0. The lowest BCUT2D eigenvalue weighted by Gasteiger charge is -2.17. The molecule has 0 amide bonds. The molecule has 0 fully saturated rings. The van der Waals surface area contributed by atoms with E-state index in [-0.39, 0.29) is 11.1 Å². The zero-order valence-corrected chi connectivity index (χ0v) is 17.4. The van der Waals surface area contributed by atoms with Crippen LogP contribution in [0.2, 0.25) is 5.02 Å². The van der Waals surface area contributed by atoms with Gasteiger partial charge in [-0.25, -0.2) is 14.2 Å². The molecule has 138 valence electrons. The first-order chi connectivity index (χ1) is 12.8. The highest BCUT2D eigenvalue weighted by Gasteiger charge is 2.25. The van der Waals surface area contributed by atoms with Gasteiger partial charge in [0, 0.05) is 21.1 Å². The van der Waals surface area contributed by atoms with Gasteiger partial charge < -0.3 is 0 Å². The second kappa shape index (κ2) is 6.42. The van der Waals surface area contributed by atoms with Gasteiger partial charge in [-0.1, -0.05) is 44.5 Å². The van der Waals surface area contributed by atoms with Gasteiger partial charge in [0.15, 0.2) is 5.65 Å². The van der Waals surface area contributed by atoms with Crippen molar-refractivity contribution in [1.29, 1.82) is 0 Å². The molecule has 0 spiro atoms. The molecule has 4 rings (SSSR count). The third-order valence-electron chi connectivity index (χ3n) is 4.35. The van der Waals surface area contributed by atoms with Crippen LogP contribution in [-0.2, 0) is 12.0 Å². The van der Waals surface area contributed by atoms with E-state index in [2.05, 4.69) is 31.1 Å². The van der Waals surface area contributed by atoms with Crippen LogP contribution in [0.25, 0.3) is 16.7 Å². The van der Waals surface area contributed by atoms with Crippen LogP contribution in [0.3, 0.4) is 0 Å². The fourth-order valence-electron chi connectivity index (χ4n) is 3.06. The van der Waals surface area contributed by atoms with Gasteiger partial charge in [-0.05, 0) is 39.7 Å². The van der Waals surface area contributed by atoms with Gasteiger partial charge in [0.1, 0.15) is 11.3 Å². The maximum atomic E-state index is 13.4. The van der Waals surface area contributed by atoms with E-state index in [9.17, 15) is 4.79 Å². The highest BCUT2D eigenvalue weighted by atomic mass is 79.9. The van der Waals surface area contributed by atoms with Gasteiger partial charge >= 0.3 is 5.69 Å². The number of aromatic nitrogens is 5. The second-order valence-electron chi connectivity index (χ2n) is 7.45. The van der Waals surface area contributed by atoms with E-state index in [0.29, 0.717) is 34.1 Å². The Morgan fingerprint density at radius 1 is 1.15 bits per heavy atom. The summed E-state index contributed by atoms with van der Waals surface area (Å²) in [6, 6.07) is 9.33. The smallest absolute Gasteiger partial charge is 0.287 e. The third kappa shape index (κ3) is 3.15. The van der Waals surface area contributed by atoms with Crippen molar-refractivity contribution in [1.82, 2.24) is 24.1 Å². The van der Waals surface area contributed by atoms with Gasteiger partial charge in [0.25, 0.3) is 0 Å². The average molecular weight is 447 g/mol. The Bertz CT molecular complexity index is 1220. The van der Waals surface area contributed by atoms with Crippen molar-refractivity contribution in [2.75, 3.05) is 0 Å². The number of nitrogens with zero attached hydrogens (tertiary/aromatic N) is 5. The molecule has 6 nitrogen and oxygen atoms in total. The Balaban J connectivity index is 2.07. The normalized spacial score (nSPS) is 12.2. The van der Waals surface area contributed by atoms with E-state index < -0.39 is 0 Å². The van der Waals surface area contributed by atoms with Crippen LogP contribution >= 0.6 is 27.5 Å². The maximum absolute atomic E-state index is 13.4. The summed E-state index contributed by atoms with van der Waals surface area (Å²) < 4.78 is 4.06. The van der Waals surface area contributed by atoms with E-state index in [4.69, 9.17) is 11.6 Å². The van der Waals surface area contributed by atoms with Gasteiger partial charge in [-0.2, -0.15) is 0 Å². The van der Waals surface area contributed by atoms with Crippen molar-refractivity contribution < 1.29 is 0 Å². The molecule has 3 heterocycles. The van der Waals surface area contributed by atoms with E-state index in [1.54, 1.807) is 15.2 Å². The molecule has 0 aliphatic carbocycles. The fraction of sp³-hybridized carbons (Fsp3) is 0.263. The summed E-state index contributed by atoms with van der Waals surface area (Å²) >= 11 is 9.44. The Labute approximate surface area is 169 Å². The van der Waals surface area contributed by atoms with Crippen LogP contribution < -0.4 is 5.69 Å². The zero-order valence-electron chi connectivity index (χ0n) is 15.1. The summed E-state index contributed by atoms with van der Waals surface area (Å²) in [5.41, 5.74) is 2.24. The Morgan fingerprint density at radius 2 is 1.85 bits per heavy atom.